The number of unbranched alkanes of at least 4 members (excludes halogenated alkanes) is 6. The second kappa shape index (κ2) is 15.5. The van der Waals surface area contributed by atoms with E-state index in [1.165, 1.54) is 40.6 Å². The molecule has 53 heavy (non-hydrogen) atoms. The van der Waals surface area contributed by atoms with Crippen molar-refractivity contribution in [1.29, 1.82) is 0 Å². The molecule has 0 atom stereocenters. The van der Waals surface area contributed by atoms with Crippen LogP contribution in [0.1, 0.15) is 97.8 Å². The molecule has 0 aliphatic carbocycles. The van der Waals surface area contributed by atoms with Crippen molar-refractivity contribution in [2.45, 2.75) is 62.8 Å². The molecule has 8 rings (SSSR count). The van der Waals surface area contributed by atoms with Crippen molar-refractivity contribution >= 4 is 68.7 Å². The van der Waals surface area contributed by atoms with Crippen LogP contribution < -0.4 is 9.47 Å². The summed E-state index contributed by atoms with van der Waals surface area (Å²) in [5, 5.41) is 2.44. The fourth-order valence-corrected chi connectivity index (χ4v) is 9.88. The lowest BCUT2D eigenvalue weighted by Gasteiger charge is -2.20. The molecule has 3 aliphatic rings. The first kappa shape index (κ1) is 35.0. The van der Waals surface area contributed by atoms with Gasteiger partial charge in [0.2, 0.25) is 5.52 Å². The molecule has 0 N–H and O–H groups in total. The molecule has 0 spiro atoms. The number of imide groups is 2. The molecule has 0 fully saturated rings. The monoisotopic (exact) mass is 741 g/mol. The maximum Gasteiger partial charge on any atom is 0.265 e. The lowest BCUT2D eigenvalue weighted by molar-refractivity contribution is -0.669. The molecule has 5 aromatic rings. The number of amides is 4. The van der Waals surface area contributed by atoms with Gasteiger partial charge in [0, 0.05) is 37.0 Å². The van der Waals surface area contributed by atoms with E-state index in [2.05, 4.69) is 64.1 Å². The Bertz CT molecular complexity index is 2190. The van der Waals surface area contributed by atoms with Gasteiger partial charge in [-0.05, 0) is 68.1 Å². The summed E-state index contributed by atoms with van der Waals surface area (Å²) in [7, 11) is 0. The molecule has 1 aromatic heterocycles. The number of para-hydroxylation sites is 2. The third-order valence-corrected chi connectivity index (χ3v) is 12.5. The van der Waals surface area contributed by atoms with Crippen LogP contribution in [0.3, 0.4) is 0 Å². The highest BCUT2D eigenvalue weighted by Gasteiger charge is 2.35. The summed E-state index contributed by atoms with van der Waals surface area (Å²) in [6, 6.07) is 31.3. The van der Waals surface area contributed by atoms with Gasteiger partial charge in [0.25, 0.3) is 28.6 Å². The van der Waals surface area contributed by atoms with E-state index < -0.39 is 0 Å². The lowest BCUT2D eigenvalue weighted by Crippen LogP contribution is -2.35. The Morgan fingerprint density at radius 2 is 0.981 bits per heavy atom. The van der Waals surface area contributed by atoms with Crippen LogP contribution in [0.25, 0.3) is 16.3 Å². The van der Waals surface area contributed by atoms with Gasteiger partial charge in [-0.25, -0.2) is 0 Å². The van der Waals surface area contributed by atoms with E-state index in [1.807, 2.05) is 23.1 Å². The number of thioether (sulfide) groups is 1. The zero-order valence-electron chi connectivity index (χ0n) is 29.5. The Labute approximate surface area is 317 Å². The predicted octanol–water partition coefficient (Wildman–Crippen LogP) is 8.81. The molecule has 0 saturated carbocycles. The Morgan fingerprint density at radius 3 is 1.57 bits per heavy atom. The smallest absolute Gasteiger partial charge is 0.265 e. The largest absolute Gasteiger partial charge is 0.335 e. The van der Waals surface area contributed by atoms with E-state index >= 15 is 0 Å². The highest BCUT2D eigenvalue weighted by Crippen LogP contribution is 2.47. The fourth-order valence-electron chi connectivity index (χ4n) is 7.56. The number of thiazole rings is 1. The maximum atomic E-state index is 12.7. The minimum absolute atomic E-state index is 0.177. The first-order chi connectivity index (χ1) is 26.0. The Hall–Kier alpha value is -5.06. The normalized spacial score (nSPS) is 15.7. The summed E-state index contributed by atoms with van der Waals surface area (Å²) in [5.41, 5.74) is 4.53. The van der Waals surface area contributed by atoms with Crippen LogP contribution in [-0.2, 0) is 6.54 Å². The number of aryl methyl sites for hydroxylation is 1. The van der Waals surface area contributed by atoms with Crippen LogP contribution in [0, 0.1) is 0 Å². The van der Waals surface area contributed by atoms with Gasteiger partial charge < -0.3 is 4.90 Å². The highest BCUT2D eigenvalue weighted by atomic mass is 32.2. The number of nitrogens with zero attached hydrogens (tertiary/aromatic N) is 4. The minimum atomic E-state index is -0.177. The maximum absolute atomic E-state index is 12.7. The minimum Gasteiger partial charge on any atom is -0.335 e. The Balaban J connectivity index is 0.877. The van der Waals surface area contributed by atoms with Gasteiger partial charge in [-0.3, -0.25) is 29.0 Å². The zero-order chi connectivity index (χ0) is 36.3. The number of fused-ring (bicyclic) bond motifs is 4. The van der Waals surface area contributed by atoms with E-state index in [-0.39, 0.29) is 23.6 Å². The van der Waals surface area contributed by atoms with Crippen molar-refractivity contribution in [3.8, 4) is 0 Å². The Morgan fingerprint density at radius 1 is 0.509 bits per heavy atom. The van der Waals surface area contributed by atoms with E-state index in [0.717, 1.165) is 64.5 Å². The second-order valence-corrected chi connectivity index (χ2v) is 15.8. The van der Waals surface area contributed by atoms with Crippen LogP contribution in [-0.4, -0.2) is 53.1 Å². The third kappa shape index (κ3) is 6.93. The van der Waals surface area contributed by atoms with Crippen LogP contribution in [0.2, 0.25) is 0 Å². The number of carbonyl (C=O) groups excluding carboxylic acids is 4. The number of carbonyl (C=O) groups is 4. The van der Waals surface area contributed by atoms with Gasteiger partial charge in [-0.2, -0.15) is 4.57 Å². The average Bonchev–Trinajstić information content (AvgIpc) is 3.86. The first-order valence-electron chi connectivity index (χ1n) is 18.6. The number of rotatable bonds is 15. The van der Waals surface area contributed by atoms with Crippen LogP contribution >= 0.6 is 23.1 Å². The molecule has 10 heteroatoms. The molecule has 4 amide bonds. The molecule has 4 aromatic carbocycles. The lowest BCUT2D eigenvalue weighted by atomic mass is 10.1. The van der Waals surface area contributed by atoms with Crippen molar-refractivity contribution in [1.82, 2.24) is 9.80 Å². The molecular weight excluding hydrogens is 701 g/mol. The summed E-state index contributed by atoms with van der Waals surface area (Å²) in [6.45, 7) is 2.69. The van der Waals surface area contributed by atoms with E-state index in [1.54, 1.807) is 48.5 Å². The molecule has 0 radical (unpaired) electrons. The summed E-state index contributed by atoms with van der Waals surface area (Å²) in [6.07, 6.45) is 9.86. The fraction of sp³-hybridized carbons (Fsp3) is 0.279. The summed E-state index contributed by atoms with van der Waals surface area (Å²) in [4.78, 5) is 57.5. The average molecular weight is 742 g/mol. The van der Waals surface area contributed by atoms with Crippen LogP contribution in [0.15, 0.2) is 107 Å². The van der Waals surface area contributed by atoms with Crippen LogP contribution in [0.4, 0.5) is 5.69 Å². The van der Waals surface area contributed by atoms with Gasteiger partial charge in [-0.1, -0.05) is 90.9 Å². The SMILES string of the molecule is O=C1c2ccccc2C(=O)N1CCCCCCN1C(=Cc2sc3ccccc3[n+]2CCCCCCN2C(=O)c3ccccc3C2=O)Sc2ccccc21. The van der Waals surface area contributed by atoms with Crippen molar-refractivity contribution in [3.05, 3.63) is 129 Å². The van der Waals surface area contributed by atoms with Crippen molar-refractivity contribution in [2.75, 3.05) is 24.5 Å². The van der Waals surface area contributed by atoms with Gasteiger partial charge in [0.1, 0.15) is 4.70 Å². The molecule has 0 unspecified atom stereocenters. The molecular formula is C43H41N4O4S2+. The van der Waals surface area contributed by atoms with Gasteiger partial charge in [-0.15, -0.1) is 0 Å². The van der Waals surface area contributed by atoms with Gasteiger partial charge in [0.15, 0.2) is 6.54 Å². The van der Waals surface area contributed by atoms with Gasteiger partial charge >= 0.3 is 0 Å². The van der Waals surface area contributed by atoms with Crippen LogP contribution in [0.5, 0.6) is 0 Å². The topological polar surface area (TPSA) is 81.9 Å². The Kier molecular flexibility index (Phi) is 10.2. The summed E-state index contributed by atoms with van der Waals surface area (Å²) >= 11 is 3.64. The molecule has 0 bridgehead atoms. The van der Waals surface area contributed by atoms with Gasteiger partial charge in [0.05, 0.1) is 39.0 Å². The number of aromatic nitrogens is 1. The molecule has 268 valence electrons. The third-order valence-electron chi connectivity index (χ3n) is 10.3. The molecule has 8 nitrogen and oxygen atoms in total. The van der Waals surface area contributed by atoms with E-state index in [9.17, 15) is 19.2 Å². The quantitative estimate of drug-likeness (QED) is 0.0606. The summed E-state index contributed by atoms with van der Waals surface area (Å²) in [5.74, 6) is -0.707. The molecule has 4 heterocycles. The number of benzene rings is 4. The second-order valence-electron chi connectivity index (χ2n) is 13.7. The number of hydrogen-bond acceptors (Lipinski definition) is 7. The number of anilines is 1. The first-order valence-corrected chi connectivity index (χ1v) is 20.2. The van der Waals surface area contributed by atoms with E-state index in [0.29, 0.717) is 35.3 Å². The zero-order valence-corrected chi connectivity index (χ0v) is 31.2. The molecule has 3 aliphatic heterocycles. The van der Waals surface area contributed by atoms with E-state index in [4.69, 9.17) is 0 Å². The summed E-state index contributed by atoms with van der Waals surface area (Å²) < 4.78 is 3.70. The molecule has 0 saturated heterocycles. The number of hydrogen-bond donors (Lipinski definition) is 0. The van der Waals surface area contributed by atoms with Crippen molar-refractivity contribution in [3.63, 3.8) is 0 Å². The highest BCUT2D eigenvalue weighted by molar-refractivity contribution is 8.03. The predicted molar refractivity (Wildman–Crippen MR) is 210 cm³/mol. The van der Waals surface area contributed by atoms with Crippen molar-refractivity contribution in [2.24, 2.45) is 0 Å². The van der Waals surface area contributed by atoms with Crippen molar-refractivity contribution < 1.29 is 23.7 Å². The standard InChI is InChI=1S/C43H41N4O4S2/c48-40-30-17-5-6-18-31(30)41(49)46(40)27-15-3-1-13-25-44-34-21-9-11-23-36(34)52-38(44)29-39-45(35-22-10-12-24-37(35)53-39)26-14-2-4-16-28-47-42(50)32-19-7-8-20-33(32)43(47)51/h5-12,17-24,29H,1-4,13-16,25-28H2/q+1.